The minimum atomic E-state index is -1.32. The van der Waals surface area contributed by atoms with Crippen LogP contribution in [0, 0.1) is 11.8 Å². The average molecular weight is 582 g/mol. The topological polar surface area (TPSA) is 63.7 Å². The van der Waals surface area contributed by atoms with E-state index in [1.165, 1.54) is 0 Å². The van der Waals surface area contributed by atoms with Crippen molar-refractivity contribution in [1.82, 2.24) is 4.90 Å². The number of likely N-dealkylation sites (tertiary alicyclic amines) is 1. The van der Waals surface area contributed by atoms with Gasteiger partial charge >= 0.3 is 5.97 Å². The number of alkyl halides is 2. The van der Waals surface area contributed by atoms with Gasteiger partial charge in [-0.1, -0.05) is 109 Å². The minimum absolute atomic E-state index is 0.0177. The summed E-state index contributed by atoms with van der Waals surface area (Å²) in [7, 11) is 0. The van der Waals surface area contributed by atoms with E-state index in [1.54, 1.807) is 0 Å². The van der Waals surface area contributed by atoms with E-state index in [0.717, 1.165) is 16.0 Å². The van der Waals surface area contributed by atoms with Crippen molar-refractivity contribution in [3.05, 3.63) is 143 Å². The van der Waals surface area contributed by atoms with Gasteiger partial charge in [0.25, 0.3) is 0 Å². The van der Waals surface area contributed by atoms with Crippen molar-refractivity contribution >= 4 is 41.0 Å². The Morgan fingerprint density at radius 3 is 1.49 bits per heavy atom. The van der Waals surface area contributed by atoms with Crippen molar-refractivity contribution in [3.63, 3.8) is 0 Å². The maximum absolute atomic E-state index is 14.5. The van der Waals surface area contributed by atoms with E-state index in [2.05, 4.69) is 0 Å². The molecule has 8 rings (SSSR count). The van der Waals surface area contributed by atoms with Crippen LogP contribution in [0.15, 0.2) is 109 Å². The Morgan fingerprint density at radius 1 is 0.659 bits per heavy atom. The lowest BCUT2D eigenvalue weighted by molar-refractivity contribution is -0.159. The van der Waals surface area contributed by atoms with Gasteiger partial charge in [-0.2, -0.15) is 0 Å². The van der Waals surface area contributed by atoms with Crippen LogP contribution < -0.4 is 0 Å². The summed E-state index contributed by atoms with van der Waals surface area (Å²) in [4.78, 5) is 41.1. The summed E-state index contributed by atoms with van der Waals surface area (Å²) in [5, 5.41) is 0. The highest BCUT2D eigenvalue weighted by atomic mass is 35.5. The molecule has 4 aromatic carbocycles. The second-order valence-electron chi connectivity index (χ2n) is 10.8. The van der Waals surface area contributed by atoms with Gasteiger partial charge < -0.3 is 4.74 Å². The standard InChI is InChI=1S/C34H25Cl2NO4/c35-33-23-15-7-8-16-24(23)34(36,26-18-10-9-17-25(26)33)29-28(33)30(38)37(31(29)39)27(19-21-11-3-1-4-12-21)32(40)41-20-22-13-5-2-6-14-22/h1-18,27-29H,19-20H2/t27-,28+,29+,33?,34?/m0/s1. The van der Waals surface area contributed by atoms with Gasteiger partial charge in [0, 0.05) is 6.42 Å². The number of rotatable bonds is 6. The third kappa shape index (κ3) is 3.65. The van der Waals surface area contributed by atoms with Crippen molar-refractivity contribution in [2.75, 3.05) is 0 Å². The van der Waals surface area contributed by atoms with Gasteiger partial charge in [-0.15, -0.1) is 23.2 Å². The molecule has 0 spiro atoms. The first-order chi connectivity index (χ1) is 19.9. The Hall–Kier alpha value is -3.93. The van der Waals surface area contributed by atoms with E-state index >= 15 is 0 Å². The Morgan fingerprint density at radius 2 is 1.05 bits per heavy atom. The fourth-order valence-electron chi connectivity index (χ4n) is 6.94. The van der Waals surface area contributed by atoms with Crippen LogP contribution in [-0.4, -0.2) is 28.7 Å². The van der Waals surface area contributed by atoms with Gasteiger partial charge in [-0.05, 0) is 33.4 Å². The number of benzene rings is 4. The number of nitrogens with zero attached hydrogens (tertiary/aromatic N) is 1. The van der Waals surface area contributed by atoms with Gasteiger partial charge in [0.1, 0.15) is 22.4 Å². The number of amides is 2. The second kappa shape index (κ2) is 9.57. The molecule has 204 valence electrons. The average Bonchev–Trinajstić information content (AvgIpc) is 3.29. The number of ether oxygens (including phenoxy) is 1. The van der Waals surface area contributed by atoms with E-state index < -0.39 is 45.4 Å². The molecule has 0 unspecified atom stereocenters. The SMILES string of the molecule is O=C(OCc1ccccc1)[C@H](Cc1ccccc1)N1C(=O)[C@H]2[C@H](C1=O)C1(Cl)c3ccccc3C2(Cl)c2ccccc21. The summed E-state index contributed by atoms with van der Waals surface area (Å²) in [6, 6.07) is 32.3. The largest absolute Gasteiger partial charge is 0.459 e. The molecule has 1 heterocycles. The number of esters is 1. The fourth-order valence-corrected chi connectivity index (χ4v) is 8.04. The molecule has 0 N–H and O–H groups in total. The monoisotopic (exact) mass is 581 g/mol. The van der Waals surface area contributed by atoms with Crippen molar-refractivity contribution in [3.8, 4) is 0 Å². The predicted octanol–water partition coefficient (Wildman–Crippen LogP) is 5.93. The third-order valence-corrected chi connectivity index (χ3v) is 9.98. The molecule has 1 aliphatic heterocycles. The number of imide groups is 1. The Kier molecular flexibility index (Phi) is 6.07. The molecular formula is C34H25Cl2NO4. The molecule has 3 atom stereocenters. The first-order valence-corrected chi connectivity index (χ1v) is 14.3. The van der Waals surface area contributed by atoms with Crippen molar-refractivity contribution in [2.45, 2.75) is 28.8 Å². The lowest BCUT2D eigenvalue weighted by Crippen LogP contribution is -2.57. The first kappa shape index (κ1) is 26.0. The summed E-state index contributed by atoms with van der Waals surface area (Å²) >= 11 is 15.1. The summed E-state index contributed by atoms with van der Waals surface area (Å²) in [6.45, 7) is 0.0177. The molecule has 7 heteroatoms. The van der Waals surface area contributed by atoms with Crippen LogP contribution >= 0.6 is 23.2 Å². The molecule has 3 aliphatic carbocycles. The molecule has 1 saturated heterocycles. The normalized spacial score (nSPS) is 26.2. The van der Waals surface area contributed by atoms with Gasteiger partial charge in [-0.25, -0.2) is 4.79 Å². The zero-order valence-corrected chi connectivity index (χ0v) is 23.4. The summed E-state index contributed by atoms with van der Waals surface area (Å²) < 4.78 is 5.72. The van der Waals surface area contributed by atoms with Crippen LogP contribution in [0.1, 0.15) is 33.4 Å². The maximum Gasteiger partial charge on any atom is 0.330 e. The van der Waals surface area contributed by atoms with E-state index in [-0.39, 0.29) is 13.0 Å². The lowest BCUT2D eigenvalue weighted by atomic mass is 9.54. The molecule has 1 fully saturated rings. The van der Waals surface area contributed by atoms with E-state index in [9.17, 15) is 14.4 Å². The number of hydrogen-bond acceptors (Lipinski definition) is 4. The second-order valence-corrected chi connectivity index (χ2v) is 12.0. The van der Waals surface area contributed by atoms with E-state index in [1.807, 2.05) is 109 Å². The highest BCUT2D eigenvalue weighted by molar-refractivity contribution is 6.36. The van der Waals surface area contributed by atoms with Crippen LogP contribution in [0.2, 0.25) is 0 Å². The van der Waals surface area contributed by atoms with E-state index in [4.69, 9.17) is 27.9 Å². The number of carbonyl (C=O) groups excluding carboxylic acids is 3. The van der Waals surface area contributed by atoms with Crippen molar-refractivity contribution in [1.29, 1.82) is 0 Å². The van der Waals surface area contributed by atoms with Crippen molar-refractivity contribution < 1.29 is 19.1 Å². The van der Waals surface area contributed by atoms with Gasteiger partial charge in [-0.3, -0.25) is 14.5 Å². The van der Waals surface area contributed by atoms with Crippen LogP contribution in [0.4, 0.5) is 0 Å². The summed E-state index contributed by atoms with van der Waals surface area (Å²) in [5.41, 5.74) is 4.45. The van der Waals surface area contributed by atoms with E-state index in [0.29, 0.717) is 22.3 Å². The quantitative estimate of drug-likeness (QED) is 0.161. The van der Waals surface area contributed by atoms with Gasteiger partial charge in [0.2, 0.25) is 11.8 Å². The molecular weight excluding hydrogens is 557 g/mol. The molecule has 4 aliphatic rings. The Balaban J connectivity index is 1.33. The minimum Gasteiger partial charge on any atom is -0.459 e. The molecule has 41 heavy (non-hydrogen) atoms. The molecule has 5 nitrogen and oxygen atoms in total. The molecule has 4 aromatic rings. The highest BCUT2D eigenvalue weighted by Crippen LogP contribution is 2.69. The third-order valence-electron chi connectivity index (χ3n) is 8.70. The number of halogens is 2. The molecule has 2 amide bonds. The number of carbonyl (C=O) groups is 3. The van der Waals surface area contributed by atoms with Crippen molar-refractivity contribution in [2.24, 2.45) is 11.8 Å². The zero-order valence-electron chi connectivity index (χ0n) is 21.9. The summed E-state index contributed by atoms with van der Waals surface area (Å²) in [6.07, 6.45) is 0.107. The van der Waals surface area contributed by atoms with Crippen LogP contribution in [0.25, 0.3) is 0 Å². The highest BCUT2D eigenvalue weighted by Gasteiger charge is 2.73. The molecule has 2 bridgehead atoms. The predicted molar refractivity (Wildman–Crippen MR) is 155 cm³/mol. The van der Waals surface area contributed by atoms with Gasteiger partial charge in [0.05, 0.1) is 11.8 Å². The lowest BCUT2D eigenvalue weighted by Gasteiger charge is -2.54. The molecule has 0 saturated carbocycles. The molecule has 0 aromatic heterocycles. The Bertz CT molecular complexity index is 1570. The molecule has 0 radical (unpaired) electrons. The van der Waals surface area contributed by atoms with Crippen LogP contribution in [0.3, 0.4) is 0 Å². The van der Waals surface area contributed by atoms with Crippen LogP contribution in [-0.2, 0) is 41.9 Å². The van der Waals surface area contributed by atoms with Crippen LogP contribution in [0.5, 0.6) is 0 Å². The Labute approximate surface area is 247 Å². The smallest absolute Gasteiger partial charge is 0.330 e. The maximum atomic E-state index is 14.5. The summed E-state index contributed by atoms with van der Waals surface area (Å²) in [5.74, 6) is -3.66. The van der Waals surface area contributed by atoms with Gasteiger partial charge in [0.15, 0.2) is 0 Å². The number of hydrogen-bond donors (Lipinski definition) is 0. The first-order valence-electron chi connectivity index (χ1n) is 13.6. The fraction of sp³-hybridized carbons (Fsp3) is 0.206. The zero-order chi connectivity index (χ0) is 28.4.